The van der Waals surface area contributed by atoms with Crippen LogP contribution in [0.1, 0.15) is 51.9 Å². The van der Waals surface area contributed by atoms with Gasteiger partial charge >= 0.3 is 0 Å². The number of hydrogen-bond donors (Lipinski definition) is 0. The fourth-order valence-electron chi connectivity index (χ4n) is 5.52. The number of Topliss-reactive ketones (excluding diaryl/α,β-unsaturated/α-hetero) is 1. The van der Waals surface area contributed by atoms with E-state index in [2.05, 4.69) is 58.3 Å². The number of ketones is 1. The number of nitrogens with zero attached hydrogens (tertiary/aromatic N) is 2. The summed E-state index contributed by atoms with van der Waals surface area (Å²) in [5.74, 6) is 0.551. The van der Waals surface area contributed by atoms with Crippen LogP contribution in [-0.2, 0) is 25.9 Å². The molecule has 0 aromatic heterocycles. The molecule has 0 bridgehead atoms. The normalized spacial score (nSPS) is 17.6. The maximum absolute atomic E-state index is 13.1. The highest BCUT2D eigenvalue weighted by Crippen LogP contribution is 2.25. The first-order valence-electron chi connectivity index (χ1n) is 13.0. The quantitative estimate of drug-likeness (QED) is 0.401. The maximum Gasteiger partial charge on any atom is 0.163 e. The van der Waals surface area contributed by atoms with Gasteiger partial charge in [0.15, 0.2) is 5.78 Å². The molecule has 4 heteroatoms. The van der Waals surface area contributed by atoms with E-state index < -0.39 is 0 Å². The molecule has 182 valence electrons. The zero-order chi connectivity index (χ0) is 24.0. The van der Waals surface area contributed by atoms with Crippen LogP contribution < -0.4 is 0 Å². The molecule has 1 fully saturated rings. The lowest BCUT2D eigenvalue weighted by atomic mass is 9.88. The molecule has 3 aromatic rings. The summed E-state index contributed by atoms with van der Waals surface area (Å²) in [6, 6.07) is 23.9. The number of fused-ring (bicyclic) bond motifs is 1. The Morgan fingerprint density at radius 3 is 2.09 bits per heavy atom. The van der Waals surface area contributed by atoms with Gasteiger partial charge < -0.3 is 0 Å². The molecule has 0 radical (unpaired) electrons. The minimum atomic E-state index is -0.187. The molecule has 0 aliphatic carbocycles. The topological polar surface area (TPSA) is 23.6 Å². The average molecular weight is 471 g/mol. The molecule has 0 amide bonds. The highest BCUT2D eigenvalue weighted by molar-refractivity contribution is 5.96. The van der Waals surface area contributed by atoms with Gasteiger partial charge in [0.2, 0.25) is 0 Å². The smallest absolute Gasteiger partial charge is 0.163 e. The summed E-state index contributed by atoms with van der Waals surface area (Å²) in [5.41, 5.74) is 6.13. The van der Waals surface area contributed by atoms with Gasteiger partial charge in [-0.15, -0.1) is 0 Å². The van der Waals surface area contributed by atoms with Crippen molar-refractivity contribution in [3.8, 4) is 0 Å². The Labute approximate surface area is 208 Å². The zero-order valence-electron chi connectivity index (χ0n) is 20.5. The molecular formula is C31H35FN2O. The minimum absolute atomic E-state index is 0.187. The molecule has 0 saturated carbocycles. The second-order valence-corrected chi connectivity index (χ2v) is 10.2. The Hall–Kier alpha value is -2.82. The van der Waals surface area contributed by atoms with Crippen molar-refractivity contribution in [2.24, 2.45) is 5.92 Å². The number of carbonyl (C=O) groups excluding carboxylic acids is 1. The summed E-state index contributed by atoms with van der Waals surface area (Å²) in [7, 11) is 0. The highest BCUT2D eigenvalue weighted by Gasteiger charge is 2.23. The first-order chi connectivity index (χ1) is 17.1. The lowest BCUT2D eigenvalue weighted by Crippen LogP contribution is -2.33. The number of likely N-dealkylation sites (tertiary alicyclic amines) is 1. The van der Waals surface area contributed by atoms with E-state index in [1.807, 2.05) is 12.1 Å². The lowest BCUT2D eigenvalue weighted by Gasteiger charge is -2.31. The standard InChI is InChI=1S/C31H35FN2O/c32-30-10-6-26(7-11-30)23-33-16-12-24(13-17-33)20-31(35)29-9-8-27-14-18-34(19-15-28(27)21-29)22-25-4-2-1-3-5-25/h1-11,21,24H,12-20,22-23H2. The molecule has 2 aliphatic rings. The van der Waals surface area contributed by atoms with Gasteiger partial charge in [0.25, 0.3) is 0 Å². The third-order valence-corrected chi connectivity index (χ3v) is 7.67. The molecule has 0 N–H and O–H groups in total. The fraction of sp³-hybridized carbons (Fsp3) is 0.387. The van der Waals surface area contributed by atoms with Crippen LogP contribution in [0.5, 0.6) is 0 Å². The molecule has 0 unspecified atom stereocenters. The third kappa shape index (κ3) is 6.45. The number of halogens is 1. The van der Waals surface area contributed by atoms with Crippen LogP contribution in [0.3, 0.4) is 0 Å². The largest absolute Gasteiger partial charge is 0.299 e. The Bertz CT molecular complexity index is 1120. The van der Waals surface area contributed by atoms with Gasteiger partial charge in [-0.3, -0.25) is 14.6 Å². The molecular weight excluding hydrogens is 435 g/mol. The summed E-state index contributed by atoms with van der Waals surface area (Å²) in [6.45, 7) is 5.93. The van der Waals surface area contributed by atoms with E-state index in [1.165, 1.54) is 28.8 Å². The van der Waals surface area contributed by atoms with Gasteiger partial charge in [0.05, 0.1) is 0 Å². The Balaban J connectivity index is 1.12. The molecule has 3 aromatic carbocycles. The fourth-order valence-corrected chi connectivity index (χ4v) is 5.52. The van der Waals surface area contributed by atoms with Gasteiger partial charge in [0, 0.05) is 38.2 Å². The maximum atomic E-state index is 13.1. The van der Waals surface area contributed by atoms with E-state index >= 15 is 0 Å². The predicted octanol–water partition coefficient (Wildman–Crippen LogP) is 5.91. The molecule has 1 saturated heterocycles. The van der Waals surface area contributed by atoms with Gasteiger partial charge in [-0.1, -0.05) is 54.6 Å². The van der Waals surface area contributed by atoms with Crippen molar-refractivity contribution < 1.29 is 9.18 Å². The molecule has 35 heavy (non-hydrogen) atoms. The van der Waals surface area contributed by atoms with E-state index in [-0.39, 0.29) is 11.6 Å². The zero-order valence-corrected chi connectivity index (χ0v) is 20.5. The monoisotopic (exact) mass is 470 g/mol. The van der Waals surface area contributed by atoms with Crippen molar-refractivity contribution in [1.29, 1.82) is 0 Å². The van der Waals surface area contributed by atoms with Gasteiger partial charge in [-0.05, 0) is 85.1 Å². The van der Waals surface area contributed by atoms with Crippen LogP contribution >= 0.6 is 0 Å². The van der Waals surface area contributed by atoms with Crippen molar-refractivity contribution >= 4 is 5.78 Å². The van der Waals surface area contributed by atoms with E-state index in [0.717, 1.165) is 76.1 Å². The Morgan fingerprint density at radius 1 is 0.743 bits per heavy atom. The van der Waals surface area contributed by atoms with Crippen LogP contribution in [0.25, 0.3) is 0 Å². The number of rotatable bonds is 7. The molecule has 5 rings (SSSR count). The summed E-state index contributed by atoms with van der Waals surface area (Å²) in [6.07, 6.45) is 4.79. The van der Waals surface area contributed by atoms with Crippen molar-refractivity contribution in [2.45, 2.75) is 45.2 Å². The van der Waals surface area contributed by atoms with Crippen molar-refractivity contribution in [1.82, 2.24) is 9.80 Å². The summed E-state index contributed by atoms with van der Waals surface area (Å²) >= 11 is 0. The minimum Gasteiger partial charge on any atom is -0.299 e. The summed E-state index contributed by atoms with van der Waals surface area (Å²) in [5, 5.41) is 0. The first-order valence-corrected chi connectivity index (χ1v) is 13.0. The molecule has 2 aliphatic heterocycles. The van der Waals surface area contributed by atoms with Crippen LogP contribution in [-0.4, -0.2) is 41.8 Å². The second-order valence-electron chi connectivity index (χ2n) is 10.2. The van der Waals surface area contributed by atoms with Crippen LogP contribution in [0.2, 0.25) is 0 Å². The molecule has 0 spiro atoms. The first kappa shape index (κ1) is 23.9. The highest BCUT2D eigenvalue weighted by atomic mass is 19.1. The number of benzene rings is 3. The third-order valence-electron chi connectivity index (χ3n) is 7.67. The predicted molar refractivity (Wildman–Crippen MR) is 139 cm³/mol. The molecule has 3 nitrogen and oxygen atoms in total. The van der Waals surface area contributed by atoms with Crippen molar-refractivity contribution in [3.63, 3.8) is 0 Å². The lowest BCUT2D eigenvalue weighted by molar-refractivity contribution is 0.0925. The molecule has 2 heterocycles. The van der Waals surface area contributed by atoms with Crippen LogP contribution in [0, 0.1) is 11.7 Å². The number of carbonyl (C=O) groups is 1. The summed E-state index contributed by atoms with van der Waals surface area (Å²) in [4.78, 5) is 18.1. The van der Waals surface area contributed by atoms with E-state index in [4.69, 9.17) is 0 Å². The van der Waals surface area contributed by atoms with Gasteiger partial charge in [-0.2, -0.15) is 0 Å². The molecule has 0 atom stereocenters. The SMILES string of the molecule is O=C(CC1CCN(Cc2ccc(F)cc2)CC1)c1ccc2c(c1)CCN(Cc1ccccc1)CC2. The summed E-state index contributed by atoms with van der Waals surface area (Å²) < 4.78 is 13.1. The number of piperidine rings is 1. The van der Waals surface area contributed by atoms with E-state index in [1.54, 1.807) is 0 Å². The Morgan fingerprint density at radius 2 is 1.37 bits per heavy atom. The number of hydrogen-bond acceptors (Lipinski definition) is 3. The average Bonchev–Trinajstić information content (AvgIpc) is 3.09. The van der Waals surface area contributed by atoms with Gasteiger partial charge in [-0.25, -0.2) is 4.39 Å². The van der Waals surface area contributed by atoms with Crippen LogP contribution in [0.4, 0.5) is 4.39 Å². The van der Waals surface area contributed by atoms with E-state index in [9.17, 15) is 9.18 Å². The van der Waals surface area contributed by atoms with Crippen molar-refractivity contribution in [3.05, 3.63) is 106 Å². The van der Waals surface area contributed by atoms with Crippen molar-refractivity contribution in [2.75, 3.05) is 26.2 Å². The van der Waals surface area contributed by atoms with E-state index in [0.29, 0.717) is 12.3 Å². The second kappa shape index (κ2) is 11.3. The van der Waals surface area contributed by atoms with Gasteiger partial charge in [0.1, 0.15) is 5.82 Å². The van der Waals surface area contributed by atoms with Crippen LogP contribution in [0.15, 0.2) is 72.8 Å². The Kier molecular flexibility index (Phi) is 7.70.